The van der Waals surface area contributed by atoms with E-state index in [-0.39, 0.29) is 83.1 Å². The number of hydrogen-bond donors (Lipinski definition) is 4. The third-order valence-electron chi connectivity index (χ3n) is 7.64. The molecule has 0 spiro atoms. The fourth-order valence-corrected chi connectivity index (χ4v) is 6.76. The van der Waals surface area contributed by atoms with Crippen LogP contribution in [-0.4, -0.2) is 78.5 Å². The summed E-state index contributed by atoms with van der Waals surface area (Å²) in [7, 11) is -8.00. The van der Waals surface area contributed by atoms with Gasteiger partial charge in [0.05, 0.1) is 36.2 Å². The second-order valence-electron chi connectivity index (χ2n) is 12.1. The summed E-state index contributed by atoms with van der Waals surface area (Å²) >= 11 is 0. The van der Waals surface area contributed by atoms with Gasteiger partial charge in [0, 0.05) is 24.2 Å². The Hall–Kier alpha value is -5.64. The molecule has 20 heteroatoms. The molecule has 0 aliphatic heterocycles. The average molecular weight is 853 g/mol. The topological polar surface area (TPSA) is 204 Å². The predicted octanol–water partition coefficient (Wildman–Crippen LogP) is 6.09. The third-order valence-corrected chi connectivity index (χ3v) is 10.6. The van der Waals surface area contributed by atoms with Crippen LogP contribution in [0.5, 0.6) is 23.0 Å². The lowest BCUT2D eigenvalue weighted by atomic mass is 10.1. The largest absolute Gasteiger partial charge is 0.478 e. The molecule has 0 aliphatic rings. The highest BCUT2D eigenvalue weighted by molar-refractivity contribution is 7.89. The van der Waals surface area contributed by atoms with Crippen LogP contribution < -0.4 is 18.9 Å². The number of hydrogen-bond acceptors (Lipinski definition) is 10. The molecule has 0 fully saturated rings. The molecule has 0 saturated heterocycles. The number of carboxylic acids is 2. The van der Waals surface area contributed by atoms with Gasteiger partial charge in [0.15, 0.2) is 34.8 Å². The normalized spacial score (nSPS) is 12.4. The van der Waals surface area contributed by atoms with Gasteiger partial charge in [-0.25, -0.2) is 53.4 Å². The smallest absolute Gasteiger partial charge is 0.331 e. The summed E-state index contributed by atoms with van der Waals surface area (Å²) in [6.07, 6.45) is 2.17. The van der Waals surface area contributed by atoms with Gasteiger partial charge in [0.2, 0.25) is 20.0 Å². The van der Waals surface area contributed by atoms with Gasteiger partial charge in [0.25, 0.3) is 0 Å². The number of aliphatic carboxylic acids is 2. The van der Waals surface area contributed by atoms with Crippen molar-refractivity contribution in [2.45, 2.75) is 23.6 Å². The summed E-state index contributed by atoms with van der Waals surface area (Å²) < 4.78 is 134. The second kappa shape index (κ2) is 20.2. The van der Waals surface area contributed by atoms with Crippen LogP contribution in [-0.2, 0) is 39.1 Å². The molecule has 0 aromatic heterocycles. The standard InChI is InChI=1S/C38H36F4N2O12S2/c1-23(37(45)46)17-25-19-31(39)35(32(40)20-25)55-27-3-7-29(8-4-27)57(49,50)43-11-13-53-15-16-54-14-12-44-58(51,52)30-9-5-28(6-10-30)56-36-33(41)21-26(22-34(36)42)18-24(2)38(47)48/h3-10,17-22,43-44H,11-16H2,1-2H3,(H,45,46)(H,47,48)/b23-17+,24-18+. The van der Waals surface area contributed by atoms with E-state index < -0.39 is 66.8 Å². The molecule has 58 heavy (non-hydrogen) atoms. The molecule has 310 valence electrons. The van der Waals surface area contributed by atoms with Crippen LogP contribution in [0.4, 0.5) is 17.6 Å². The molecule has 4 N–H and O–H groups in total. The van der Waals surface area contributed by atoms with Crippen molar-refractivity contribution < 1.29 is 73.1 Å². The number of carboxylic acid groups (broad SMARTS) is 2. The summed E-state index contributed by atoms with van der Waals surface area (Å²) in [6.45, 7) is 2.30. The van der Waals surface area contributed by atoms with E-state index in [2.05, 4.69) is 9.44 Å². The Balaban J connectivity index is 1.13. The lowest BCUT2D eigenvalue weighted by Gasteiger charge is -2.11. The molecule has 14 nitrogen and oxygen atoms in total. The van der Waals surface area contributed by atoms with Crippen molar-refractivity contribution in [1.82, 2.24) is 9.44 Å². The minimum atomic E-state index is -4.00. The number of ether oxygens (including phenoxy) is 4. The number of carbonyl (C=O) groups is 2. The molecule has 4 aromatic carbocycles. The van der Waals surface area contributed by atoms with E-state index in [0.717, 1.165) is 60.7 Å². The summed E-state index contributed by atoms with van der Waals surface area (Å²) in [5.74, 6) is -8.57. The molecule has 4 rings (SSSR count). The second-order valence-corrected chi connectivity index (χ2v) is 15.6. The quantitative estimate of drug-likeness (QED) is 0.0427. The van der Waals surface area contributed by atoms with Gasteiger partial charge in [-0.1, -0.05) is 0 Å². The van der Waals surface area contributed by atoms with Crippen molar-refractivity contribution in [3.05, 3.63) is 118 Å². The third kappa shape index (κ3) is 12.9. The minimum absolute atomic E-state index is 0.0310. The lowest BCUT2D eigenvalue weighted by Crippen LogP contribution is -2.28. The molecule has 0 unspecified atom stereocenters. The van der Waals surface area contributed by atoms with E-state index in [1.807, 2.05) is 0 Å². The van der Waals surface area contributed by atoms with Crippen LogP contribution in [0.1, 0.15) is 25.0 Å². The Morgan fingerprint density at radius 1 is 0.569 bits per heavy atom. The first kappa shape index (κ1) is 45.1. The van der Waals surface area contributed by atoms with Crippen molar-refractivity contribution in [1.29, 1.82) is 0 Å². The summed E-state index contributed by atoms with van der Waals surface area (Å²) in [5.41, 5.74) is -0.335. The van der Waals surface area contributed by atoms with Gasteiger partial charge in [0.1, 0.15) is 11.5 Å². The van der Waals surface area contributed by atoms with Crippen LogP contribution >= 0.6 is 0 Å². The molecular weight excluding hydrogens is 817 g/mol. The molecule has 0 heterocycles. The molecule has 0 radical (unpaired) electrons. The summed E-state index contributed by atoms with van der Waals surface area (Å²) in [6, 6.07) is 13.0. The predicted molar refractivity (Wildman–Crippen MR) is 200 cm³/mol. The molecule has 0 aliphatic carbocycles. The number of benzene rings is 4. The van der Waals surface area contributed by atoms with Crippen molar-refractivity contribution in [2.75, 3.05) is 39.5 Å². The van der Waals surface area contributed by atoms with E-state index in [1.54, 1.807) is 0 Å². The number of rotatable bonds is 21. The first-order valence-electron chi connectivity index (χ1n) is 16.9. The SMILES string of the molecule is C/C(=C\c1cc(F)c(Oc2ccc(S(=O)(=O)NCCOCCOCCNS(=O)(=O)c3ccc(Oc4c(F)cc(/C=C(\C)C(=O)O)cc4F)cc3)cc2)c(F)c1)C(=O)O. The number of halogens is 4. The zero-order valence-corrected chi connectivity index (χ0v) is 32.3. The Labute approximate surface area is 330 Å². The number of sulfonamides is 2. The molecule has 0 saturated carbocycles. The van der Waals surface area contributed by atoms with Crippen molar-refractivity contribution >= 4 is 44.1 Å². The first-order valence-corrected chi connectivity index (χ1v) is 19.8. The Kier molecular flexibility index (Phi) is 15.7. The first-order chi connectivity index (χ1) is 27.4. The van der Waals surface area contributed by atoms with E-state index in [9.17, 15) is 44.0 Å². The lowest BCUT2D eigenvalue weighted by molar-refractivity contribution is -0.133. The van der Waals surface area contributed by atoms with Gasteiger partial charge in [-0.3, -0.25) is 0 Å². The molecular formula is C38H36F4N2O12S2. The minimum Gasteiger partial charge on any atom is -0.478 e. The molecule has 0 bridgehead atoms. The average Bonchev–Trinajstić information content (AvgIpc) is 3.15. The van der Waals surface area contributed by atoms with Crippen molar-refractivity contribution in [2.24, 2.45) is 0 Å². The Bertz CT molecular complexity index is 2190. The number of nitrogens with one attached hydrogen (secondary N) is 2. The van der Waals surface area contributed by atoms with Gasteiger partial charge in [-0.2, -0.15) is 0 Å². The zero-order valence-electron chi connectivity index (χ0n) is 30.6. The maximum absolute atomic E-state index is 14.5. The van der Waals surface area contributed by atoms with Crippen molar-refractivity contribution in [3.8, 4) is 23.0 Å². The maximum atomic E-state index is 14.5. The van der Waals surface area contributed by atoms with E-state index in [1.165, 1.54) is 38.1 Å². The van der Waals surface area contributed by atoms with Crippen LogP contribution in [0, 0.1) is 23.3 Å². The molecule has 0 atom stereocenters. The van der Waals surface area contributed by atoms with Gasteiger partial charge in [-0.15, -0.1) is 0 Å². The van der Waals surface area contributed by atoms with Gasteiger partial charge in [-0.05, 0) is 110 Å². The summed E-state index contributed by atoms with van der Waals surface area (Å²) in [5, 5.41) is 17.9. The molecule has 4 aromatic rings. The highest BCUT2D eigenvalue weighted by Crippen LogP contribution is 2.31. The van der Waals surface area contributed by atoms with E-state index >= 15 is 0 Å². The van der Waals surface area contributed by atoms with Crippen LogP contribution in [0.3, 0.4) is 0 Å². The highest BCUT2D eigenvalue weighted by Gasteiger charge is 2.19. The zero-order chi connectivity index (χ0) is 42.6. The fraction of sp³-hybridized carbons (Fsp3) is 0.211. The highest BCUT2D eigenvalue weighted by atomic mass is 32.2. The van der Waals surface area contributed by atoms with Crippen LogP contribution in [0.2, 0.25) is 0 Å². The summed E-state index contributed by atoms with van der Waals surface area (Å²) in [4.78, 5) is 21.6. The maximum Gasteiger partial charge on any atom is 0.331 e. The molecule has 0 amide bonds. The van der Waals surface area contributed by atoms with Crippen molar-refractivity contribution in [3.63, 3.8) is 0 Å². The monoisotopic (exact) mass is 852 g/mol. The van der Waals surface area contributed by atoms with Crippen LogP contribution in [0.25, 0.3) is 12.2 Å². The Morgan fingerprint density at radius 2 is 0.879 bits per heavy atom. The van der Waals surface area contributed by atoms with E-state index in [4.69, 9.17) is 29.2 Å². The van der Waals surface area contributed by atoms with Gasteiger partial charge >= 0.3 is 11.9 Å². The fourth-order valence-electron chi connectivity index (χ4n) is 4.74. The van der Waals surface area contributed by atoms with E-state index in [0.29, 0.717) is 0 Å². The van der Waals surface area contributed by atoms with Crippen LogP contribution in [0.15, 0.2) is 93.7 Å². The Morgan fingerprint density at radius 3 is 1.17 bits per heavy atom. The van der Waals surface area contributed by atoms with Gasteiger partial charge < -0.3 is 29.2 Å².